The van der Waals surface area contributed by atoms with E-state index in [0.29, 0.717) is 17.1 Å². The number of halogens is 1. The van der Waals surface area contributed by atoms with Crippen LogP contribution in [0.15, 0.2) is 29.6 Å². The monoisotopic (exact) mass is 353 g/mol. The number of carboxylic acid groups (broad SMARTS) is 1. The number of benzene rings is 1. The summed E-state index contributed by atoms with van der Waals surface area (Å²) in [7, 11) is 0. The van der Waals surface area contributed by atoms with Gasteiger partial charge in [-0.3, -0.25) is 9.59 Å². The molecule has 1 aromatic heterocycles. The predicted octanol–water partition coefficient (Wildman–Crippen LogP) is 3.19. The topological polar surface area (TPSA) is 76.5 Å². The van der Waals surface area contributed by atoms with E-state index >= 15 is 0 Å². The summed E-state index contributed by atoms with van der Waals surface area (Å²) in [4.78, 5) is 27.3. The Morgan fingerprint density at radius 1 is 1.35 bits per heavy atom. The third kappa shape index (κ3) is 5.04. The van der Waals surface area contributed by atoms with Gasteiger partial charge in [0.15, 0.2) is 5.92 Å². The van der Waals surface area contributed by atoms with Crippen LogP contribution in [0.5, 0.6) is 0 Å². The van der Waals surface area contributed by atoms with Gasteiger partial charge in [-0.2, -0.15) is 0 Å². The van der Waals surface area contributed by atoms with Gasteiger partial charge in [0.25, 0.3) is 0 Å². The van der Waals surface area contributed by atoms with Crippen LogP contribution in [0.25, 0.3) is 0 Å². The summed E-state index contributed by atoms with van der Waals surface area (Å²) >= 11 is 7.29. The highest BCUT2D eigenvalue weighted by molar-refractivity contribution is 7.09. The molecule has 0 fully saturated rings. The first kappa shape index (κ1) is 17.4. The van der Waals surface area contributed by atoms with E-state index in [1.165, 1.54) is 11.3 Å². The minimum Gasteiger partial charge on any atom is -0.481 e. The summed E-state index contributed by atoms with van der Waals surface area (Å²) < 4.78 is 4.79. The minimum atomic E-state index is -1.22. The van der Waals surface area contributed by atoms with Crippen LogP contribution in [0.3, 0.4) is 0 Å². The highest BCUT2D eigenvalue weighted by Gasteiger charge is 2.28. The van der Waals surface area contributed by atoms with Crippen LogP contribution in [-0.4, -0.2) is 28.6 Å². The molecule has 23 heavy (non-hydrogen) atoms. The Balaban J connectivity index is 2.04. The number of thiazole rings is 1. The molecule has 1 heterocycles. The van der Waals surface area contributed by atoms with Gasteiger partial charge < -0.3 is 9.84 Å². The van der Waals surface area contributed by atoms with E-state index in [1.54, 1.807) is 12.3 Å². The first-order valence-corrected chi connectivity index (χ1v) is 8.32. The van der Waals surface area contributed by atoms with Crippen molar-refractivity contribution in [1.82, 2.24) is 4.98 Å². The Kier molecular flexibility index (Phi) is 6.12. The molecule has 2 rings (SSSR count). The van der Waals surface area contributed by atoms with Gasteiger partial charge in [-0.1, -0.05) is 23.7 Å². The van der Waals surface area contributed by atoms with Gasteiger partial charge in [0.1, 0.15) is 0 Å². The first-order chi connectivity index (χ1) is 11.0. The molecular weight excluding hydrogens is 338 g/mol. The van der Waals surface area contributed by atoms with Crippen molar-refractivity contribution in [3.8, 4) is 0 Å². The smallest absolute Gasteiger partial charge is 0.320 e. The Bertz CT molecular complexity index is 684. The van der Waals surface area contributed by atoms with Crippen LogP contribution in [0.2, 0.25) is 5.02 Å². The fourth-order valence-corrected chi connectivity index (χ4v) is 2.99. The number of carbonyl (C=O) groups excluding carboxylic acids is 1. The maximum Gasteiger partial charge on any atom is 0.320 e. The van der Waals surface area contributed by atoms with E-state index in [0.717, 1.165) is 10.6 Å². The zero-order chi connectivity index (χ0) is 16.8. The molecule has 0 bridgehead atoms. The number of aromatic nitrogens is 1. The molecule has 0 aliphatic heterocycles. The third-order valence-electron chi connectivity index (χ3n) is 3.15. The van der Waals surface area contributed by atoms with E-state index in [-0.39, 0.29) is 13.0 Å². The number of aliphatic carboxylic acids is 1. The first-order valence-electron chi connectivity index (χ1n) is 7.06. The Morgan fingerprint density at radius 3 is 2.65 bits per heavy atom. The molecule has 7 heteroatoms. The normalized spacial score (nSPS) is 11.9. The quantitative estimate of drug-likeness (QED) is 0.611. The SMILES string of the molecule is CCOC(=O)C(Cc1csc(Cc2ccc(Cl)cc2)n1)C(=O)O. The van der Waals surface area contributed by atoms with E-state index in [4.69, 9.17) is 21.4 Å². The molecule has 1 unspecified atom stereocenters. The van der Waals surface area contributed by atoms with Crippen LogP contribution in [-0.2, 0) is 27.2 Å². The van der Waals surface area contributed by atoms with Crippen LogP contribution >= 0.6 is 22.9 Å². The molecule has 0 spiro atoms. The van der Waals surface area contributed by atoms with Crippen molar-refractivity contribution < 1.29 is 19.4 Å². The molecule has 0 amide bonds. The standard InChI is InChI=1S/C16H16ClNO4S/c1-2-22-16(21)13(15(19)20)8-12-9-23-14(18-12)7-10-3-5-11(17)6-4-10/h3-6,9,13H,2,7-8H2,1H3,(H,19,20). The molecule has 122 valence electrons. The van der Waals surface area contributed by atoms with Crippen LogP contribution in [0.1, 0.15) is 23.2 Å². The Labute approximate surface area is 142 Å². The molecular formula is C16H16ClNO4S. The molecule has 0 saturated heterocycles. The second kappa shape index (κ2) is 8.08. The lowest BCUT2D eigenvalue weighted by molar-refractivity contribution is -0.158. The van der Waals surface area contributed by atoms with Gasteiger partial charge in [0.05, 0.1) is 17.3 Å². The van der Waals surface area contributed by atoms with E-state index < -0.39 is 17.9 Å². The summed E-state index contributed by atoms with van der Waals surface area (Å²) in [5.74, 6) is -3.15. The number of hydrogen-bond acceptors (Lipinski definition) is 5. The van der Waals surface area contributed by atoms with Crippen molar-refractivity contribution in [3.05, 3.63) is 50.9 Å². The summed E-state index contributed by atoms with van der Waals surface area (Å²) in [6.07, 6.45) is 0.671. The van der Waals surface area contributed by atoms with Gasteiger partial charge in [0, 0.05) is 23.2 Å². The molecule has 0 radical (unpaired) electrons. The number of ether oxygens (including phenoxy) is 1. The second-order valence-electron chi connectivity index (χ2n) is 4.88. The summed E-state index contributed by atoms with van der Waals surface area (Å²) in [6.45, 7) is 1.80. The summed E-state index contributed by atoms with van der Waals surface area (Å²) in [5, 5.41) is 12.5. The van der Waals surface area contributed by atoms with Gasteiger partial charge in [-0.15, -0.1) is 11.3 Å². The third-order valence-corrected chi connectivity index (χ3v) is 4.30. The van der Waals surface area contributed by atoms with Crippen LogP contribution < -0.4 is 0 Å². The van der Waals surface area contributed by atoms with E-state index in [1.807, 2.05) is 24.3 Å². The number of carboxylic acids is 1. The summed E-state index contributed by atoms with van der Waals surface area (Å²) in [6, 6.07) is 7.46. The molecule has 0 saturated carbocycles. The van der Waals surface area contributed by atoms with Crippen molar-refractivity contribution >= 4 is 34.9 Å². The van der Waals surface area contributed by atoms with Crippen LogP contribution in [0.4, 0.5) is 0 Å². The molecule has 0 aliphatic carbocycles. The van der Waals surface area contributed by atoms with Gasteiger partial charge in [-0.05, 0) is 24.6 Å². The predicted molar refractivity (Wildman–Crippen MR) is 87.8 cm³/mol. The molecule has 1 N–H and O–H groups in total. The van der Waals surface area contributed by atoms with Crippen LogP contribution in [0, 0.1) is 5.92 Å². The molecule has 0 aliphatic rings. The molecule has 2 aromatic rings. The van der Waals surface area contributed by atoms with Crippen molar-refractivity contribution in [2.24, 2.45) is 5.92 Å². The molecule has 1 atom stereocenters. The van der Waals surface area contributed by atoms with Crippen molar-refractivity contribution in [3.63, 3.8) is 0 Å². The Hall–Kier alpha value is -1.92. The number of esters is 1. The average Bonchev–Trinajstić information content (AvgIpc) is 2.94. The largest absolute Gasteiger partial charge is 0.481 e. The fraction of sp³-hybridized carbons (Fsp3) is 0.312. The van der Waals surface area contributed by atoms with Crippen molar-refractivity contribution in [2.45, 2.75) is 19.8 Å². The van der Waals surface area contributed by atoms with Crippen molar-refractivity contribution in [2.75, 3.05) is 6.61 Å². The second-order valence-corrected chi connectivity index (χ2v) is 6.26. The number of rotatable bonds is 7. The van der Waals surface area contributed by atoms with E-state index in [9.17, 15) is 9.59 Å². The lowest BCUT2D eigenvalue weighted by Crippen LogP contribution is -2.28. The highest BCUT2D eigenvalue weighted by Crippen LogP contribution is 2.19. The number of hydrogen-bond donors (Lipinski definition) is 1. The zero-order valence-electron chi connectivity index (χ0n) is 12.5. The molecule has 5 nitrogen and oxygen atoms in total. The van der Waals surface area contributed by atoms with Gasteiger partial charge >= 0.3 is 11.9 Å². The lowest BCUT2D eigenvalue weighted by Gasteiger charge is -2.09. The van der Waals surface area contributed by atoms with Gasteiger partial charge in [0.2, 0.25) is 0 Å². The lowest BCUT2D eigenvalue weighted by atomic mass is 10.0. The minimum absolute atomic E-state index is 0.0330. The highest BCUT2D eigenvalue weighted by atomic mass is 35.5. The van der Waals surface area contributed by atoms with Gasteiger partial charge in [-0.25, -0.2) is 4.98 Å². The molecule has 1 aromatic carbocycles. The Morgan fingerprint density at radius 2 is 2.04 bits per heavy atom. The van der Waals surface area contributed by atoms with Crippen molar-refractivity contribution in [1.29, 1.82) is 0 Å². The average molecular weight is 354 g/mol. The maximum atomic E-state index is 11.7. The maximum absolute atomic E-state index is 11.7. The fourth-order valence-electron chi connectivity index (χ4n) is 2.02. The number of nitrogens with zero attached hydrogens (tertiary/aromatic N) is 1. The number of carbonyl (C=O) groups is 2. The van der Waals surface area contributed by atoms with E-state index in [2.05, 4.69) is 4.98 Å². The summed E-state index contributed by atoms with van der Waals surface area (Å²) in [5.41, 5.74) is 1.65. The zero-order valence-corrected chi connectivity index (χ0v) is 14.1.